The Bertz CT molecular complexity index is 394. The summed E-state index contributed by atoms with van der Waals surface area (Å²) in [4.78, 5) is 11.1. The monoisotopic (exact) mass is 220 g/mol. The first-order chi connectivity index (χ1) is 7.69. The number of carbonyl (C=O) groups is 1. The van der Waals surface area contributed by atoms with E-state index >= 15 is 0 Å². The van der Waals surface area contributed by atoms with E-state index in [1.54, 1.807) is 7.11 Å². The summed E-state index contributed by atoms with van der Waals surface area (Å²) < 4.78 is 9.70. The molecular formula is C13H16O3. The Morgan fingerprint density at radius 3 is 2.62 bits per heavy atom. The minimum Gasteiger partial charge on any atom is -0.466 e. The van der Waals surface area contributed by atoms with Gasteiger partial charge in [-0.1, -0.05) is 24.3 Å². The fourth-order valence-corrected chi connectivity index (χ4v) is 1.50. The third-order valence-electron chi connectivity index (χ3n) is 2.28. The lowest BCUT2D eigenvalue weighted by Crippen LogP contribution is -1.98. The van der Waals surface area contributed by atoms with Crippen LogP contribution in [-0.2, 0) is 20.9 Å². The van der Waals surface area contributed by atoms with Crippen LogP contribution in [0.15, 0.2) is 30.3 Å². The van der Waals surface area contributed by atoms with Crippen molar-refractivity contribution in [1.82, 2.24) is 0 Å². The van der Waals surface area contributed by atoms with Crippen LogP contribution in [0.5, 0.6) is 0 Å². The molecule has 0 fully saturated rings. The lowest BCUT2D eigenvalue weighted by molar-refractivity contribution is -0.134. The first-order valence-electron chi connectivity index (χ1n) is 5.02. The largest absolute Gasteiger partial charge is 0.466 e. The Morgan fingerprint density at radius 2 is 2.00 bits per heavy atom. The molecule has 0 unspecified atom stereocenters. The molecule has 1 aromatic rings. The van der Waals surface area contributed by atoms with Gasteiger partial charge in [0.05, 0.1) is 13.7 Å². The maximum atomic E-state index is 11.1. The predicted octanol–water partition coefficient (Wildman–Crippen LogP) is 2.41. The van der Waals surface area contributed by atoms with Crippen LogP contribution in [0.1, 0.15) is 18.1 Å². The third kappa shape index (κ3) is 3.21. The summed E-state index contributed by atoms with van der Waals surface area (Å²) in [5, 5.41) is 0. The van der Waals surface area contributed by atoms with Gasteiger partial charge >= 0.3 is 5.97 Å². The quantitative estimate of drug-likeness (QED) is 0.577. The average molecular weight is 220 g/mol. The fourth-order valence-electron chi connectivity index (χ4n) is 1.50. The molecule has 1 rings (SSSR count). The van der Waals surface area contributed by atoms with Gasteiger partial charge in [0.2, 0.25) is 0 Å². The van der Waals surface area contributed by atoms with Crippen LogP contribution in [0, 0.1) is 0 Å². The van der Waals surface area contributed by atoms with Crippen LogP contribution in [0.2, 0.25) is 0 Å². The molecule has 0 saturated carbocycles. The molecule has 0 aliphatic heterocycles. The second-order valence-corrected chi connectivity index (χ2v) is 3.44. The summed E-state index contributed by atoms with van der Waals surface area (Å²) in [5.41, 5.74) is 2.94. The van der Waals surface area contributed by atoms with Crippen molar-refractivity contribution in [3.63, 3.8) is 0 Å². The van der Waals surface area contributed by atoms with Crippen LogP contribution < -0.4 is 0 Å². The zero-order valence-electron chi connectivity index (χ0n) is 9.82. The number of esters is 1. The van der Waals surface area contributed by atoms with Gasteiger partial charge in [-0.25, -0.2) is 4.79 Å². The van der Waals surface area contributed by atoms with Crippen molar-refractivity contribution in [3.8, 4) is 0 Å². The maximum Gasteiger partial charge on any atom is 0.330 e. The molecule has 86 valence electrons. The molecule has 0 N–H and O–H groups in total. The van der Waals surface area contributed by atoms with Crippen molar-refractivity contribution in [2.24, 2.45) is 0 Å². The average Bonchev–Trinajstić information content (AvgIpc) is 2.30. The molecular weight excluding hydrogens is 204 g/mol. The molecule has 0 amide bonds. The second-order valence-electron chi connectivity index (χ2n) is 3.44. The second kappa shape index (κ2) is 6.08. The summed E-state index contributed by atoms with van der Waals surface area (Å²) in [7, 11) is 3.02. The van der Waals surface area contributed by atoms with Gasteiger partial charge in [-0.2, -0.15) is 0 Å². The molecule has 3 nitrogen and oxygen atoms in total. The van der Waals surface area contributed by atoms with Crippen molar-refractivity contribution in [2.75, 3.05) is 14.2 Å². The minimum atomic E-state index is -0.343. The third-order valence-corrected chi connectivity index (χ3v) is 2.28. The highest BCUT2D eigenvalue weighted by atomic mass is 16.5. The first kappa shape index (κ1) is 12.5. The van der Waals surface area contributed by atoms with Gasteiger partial charge in [0.1, 0.15) is 0 Å². The van der Waals surface area contributed by atoms with Gasteiger partial charge in [-0.05, 0) is 23.6 Å². The van der Waals surface area contributed by atoms with Gasteiger partial charge in [-0.3, -0.25) is 0 Å². The molecule has 0 atom stereocenters. The lowest BCUT2D eigenvalue weighted by atomic mass is 10.0. The summed E-state index contributed by atoms with van der Waals surface area (Å²) >= 11 is 0. The van der Waals surface area contributed by atoms with Gasteiger partial charge in [0, 0.05) is 13.2 Å². The van der Waals surface area contributed by atoms with Crippen LogP contribution in [0.25, 0.3) is 5.57 Å². The van der Waals surface area contributed by atoms with E-state index in [2.05, 4.69) is 4.74 Å². The molecule has 0 bridgehead atoms. The highest BCUT2D eigenvalue weighted by Crippen LogP contribution is 2.19. The van der Waals surface area contributed by atoms with Crippen LogP contribution >= 0.6 is 0 Å². The number of benzene rings is 1. The van der Waals surface area contributed by atoms with Crippen molar-refractivity contribution in [3.05, 3.63) is 41.5 Å². The molecule has 1 aromatic carbocycles. The SMILES string of the molecule is COCc1ccccc1C(C)=CC(=O)OC. The zero-order valence-corrected chi connectivity index (χ0v) is 9.82. The molecule has 0 saturated heterocycles. The van der Waals surface area contributed by atoms with E-state index in [0.717, 1.165) is 16.7 Å². The standard InChI is InChI=1S/C13H16O3/c1-10(8-13(14)16-3)12-7-5-4-6-11(12)9-15-2/h4-8H,9H2,1-3H3. The summed E-state index contributed by atoms with van der Waals surface area (Å²) in [6.07, 6.45) is 1.48. The van der Waals surface area contributed by atoms with Crippen molar-refractivity contribution < 1.29 is 14.3 Å². The van der Waals surface area contributed by atoms with Crippen molar-refractivity contribution >= 4 is 11.5 Å². The number of hydrogen-bond acceptors (Lipinski definition) is 3. The van der Waals surface area contributed by atoms with E-state index in [0.29, 0.717) is 6.61 Å². The zero-order chi connectivity index (χ0) is 12.0. The minimum absolute atomic E-state index is 0.343. The highest BCUT2D eigenvalue weighted by molar-refractivity contribution is 5.91. The molecule has 0 spiro atoms. The van der Waals surface area contributed by atoms with Crippen molar-refractivity contribution in [2.45, 2.75) is 13.5 Å². The predicted molar refractivity (Wildman–Crippen MR) is 62.8 cm³/mol. The molecule has 16 heavy (non-hydrogen) atoms. The van der Waals surface area contributed by atoms with Crippen LogP contribution in [0.4, 0.5) is 0 Å². The number of carbonyl (C=O) groups excluding carboxylic acids is 1. The smallest absolute Gasteiger partial charge is 0.330 e. The van der Waals surface area contributed by atoms with E-state index in [4.69, 9.17) is 4.74 Å². The molecule has 0 heterocycles. The van der Waals surface area contributed by atoms with E-state index in [9.17, 15) is 4.79 Å². The summed E-state index contributed by atoms with van der Waals surface area (Å²) in [6.45, 7) is 2.41. The fraction of sp³-hybridized carbons (Fsp3) is 0.308. The van der Waals surface area contributed by atoms with Gasteiger partial charge in [0.25, 0.3) is 0 Å². The van der Waals surface area contributed by atoms with E-state index in [-0.39, 0.29) is 5.97 Å². The van der Waals surface area contributed by atoms with Crippen LogP contribution in [-0.4, -0.2) is 20.2 Å². The number of allylic oxidation sites excluding steroid dienone is 1. The number of rotatable bonds is 4. The lowest BCUT2D eigenvalue weighted by Gasteiger charge is -2.08. The van der Waals surface area contributed by atoms with Crippen molar-refractivity contribution in [1.29, 1.82) is 0 Å². The van der Waals surface area contributed by atoms with E-state index in [1.807, 2.05) is 31.2 Å². The number of hydrogen-bond donors (Lipinski definition) is 0. The molecule has 3 heteroatoms. The van der Waals surface area contributed by atoms with Crippen LogP contribution in [0.3, 0.4) is 0 Å². The number of methoxy groups -OCH3 is 2. The number of ether oxygens (including phenoxy) is 2. The molecule has 0 aromatic heterocycles. The topological polar surface area (TPSA) is 35.5 Å². The Labute approximate surface area is 95.7 Å². The Hall–Kier alpha value is -1.61. The van der Waals surface area contributed by atoms with Gasteiger partial charge in [0.15, 0.2) is 0 Å². The maximum absolute atomic E-state index is 11.1. The van der Waals surface area contributed by atoms with E-state index in [1.165, 1.54) is 13.2 Å². The molecule has 0 aliphatic carbocycles. The summed E-state index contributed by atoms with van der Waals surface area (Å²) in [5.74, 6) is -0.343. The Kier molecular flexibility index (Phi) is 4.73. The first-order valence-corrected chi connectivity index (χ1v) is 5.02. The van der Waals surface area contributed by atoms with E-state index < -0.39 is 0 Å². The Balaban J connectivity index is 3.02. The van der Waals surface area contributed by atoms with Gasteiger partial charge < -0.3 is 9.47 Å². The van der Waals surface area contributed by atoms with Gasteiger partial charge in [-0.15, -0.1) is 0 Å². The normalized spacial score (nSPS) is 11.3. The highest BCUT2D eigenvalue weighted by Gasteiger charge is 2.05. The Morgan fingerprint density at radius 1 is 1.31 bits per heavy atom. The molecule has 0 radical (unpaired) electrons. The summed E-state index contributed by atoms with van der Waals surface area (Å²) in [6, 6.07) is 7.82. The molecule has 0 aliphatic rings.